The molecule has 1 aromatic heterocycles. The van der Waals surface area contributed by atoms with Crippen LogP contribution in [0.4, 0.5) is 11.5 Å². The number of rotatable bonds is 1. The van der Waals surface area contributed by atoms with E-state index in [2.05, 4.69) is 86.4 Å². The Balaban J connectivity index is 1.54. The summed E-state index contributed by atoms with van der Waals surface area (Å²) in [6.07, 6.45) is 8.63. The van der Waals surface area contributed by atoms with Crippen molar-refractivity contribution in [2.45, 2.75) is 32.1 Å². The summed E-state index contributed by atoms with van der Waals surface area (Å²) in [7, 11) is 0. The molecule has 2 aliphatic carbocycles. The highest BCUT2D eigenvalue weighted by Crippen LogP contribution is 2.54. The number of halogens is 1. The fourth-order valence-electron chi connectivity index (χ4n) is 5.54. The fraction of sp³-hybridized carbons (Fsp3) is 0.222. The van der Waals surface area contributed by atoms with Crippen LogP contribution >= 0.6 is 11.6 Å². The van der Waals surface area contributed by atoms with Gasteiger partial charge < -0.3 is 0 Å². The lowest BCUT2D eigenvalue weighted by atomic mass is 9.82. The van der Waals surface area contributed by atoms with Crippen molar-refractivity contribution in [3.63, 3.8) is 0 Å². The van der Waals surface area contributed by atoms with Crippen LogP contribution in [0.5, 0.6) is 0 Å². The third-order valence-electron chi connectivity index (χ3n) is 7.03. The van der Waals surface area contributed by atoms with Gasteiger partial charge in [-0.25, -0.2) is 4.98 Å². The number of pyridine rings is 1. The Bertz CT molecular complexity index is 1270. The second-order valence-electron chi connectivity index (χ2n) is 9.11. The smallest absolute Gasteiger partial charge is 0.141 e. The van der Waals surface area contributed by atoms with Crippen molar-refractivity contribution in [2.75, 3.05) is 4.90 Å². The van der Waals surface area contributed by atoms with Gasteiger partial charge in [0.15, 0.2) is 0 Å². The van der Waals surface area contributed by atoms with Gasteiger partial charge in [-0.2, -0.15) is 0 Å². The third-order valence-corrected chi connectivity index (χ3v) is 7.26. The third kappa shape index (κ3) is 2.29. The molecular formula is C27H23ClN2. The molecule has 0 amide bonds. The highest BCUT2D eigenvalue weighted by Gasteiger charge is 2.41. The van der Waals surface area contributed by atoms with Crippen LogP contribution in [0.1, 0.15) is 43.4 Å². The molecule has 2 unspecified atom stereocenters. The maximum absolute atomic E-state index is 6.34. The number of nitrogens with zero attached hydrogens (tertiary/aromatic N) is 2. The molecule has 2 heterocycles. The van der Waals surface area contributed by atoms with Gasteiger partial charge in [-0.05, 0) is 64.6 Å². The van der Waals surface area contributed by atoms with E-state index in [1.165, 1.54) is 39.2 Å². The highest BCUT2D eigenvalue weighted by molar-refractivity contribution is 6.30. The predicted molar refractivity (Wildman–Crippen MR) is 125 cm³/mol. The van der Waals surface area contributed by atoms with Gasteiger partial charge in [0.1, 0.15) is 5.82 Å². The van der Waals surface area contributed by atoms with Crippen molar-refractivity contribution in [3.05, 3.63) is 100 Å². The van der Waals surface area contributed by atoms with Gasteiger partial charge in [0.05, 0.1) is 0 Å². The van der Waals surface area contributed by atoms with Crippen molar-refractivity contribution in [1.82, 2.24) is 4.98 Å². The molecule has 148 valence electrons. The summed E-state index contributed by atoms with van der Waals surface area (Å²) in [5.41, 5.74) is 8.95. The van der Waals surface area contributed by atoms with Gasteiger partial charge in [-0.15, -0.1) is 0 Å². The Morgan fingerprint density at radius 1 is 1.00 bits per heavy atom. The fourth-order valence-corrected chi connectivity index (χ4v) is 5.71. The average Bonchev–Trinajstić information content (AvgIpc) is 3.19. The van der Waals surface area contributed by atoms with Crippen LogP contribution in [0.25, 0.3) is 11.1 Å². The number of fused-ring (bicyclic) bond motifs is 6. The van der Waals surface area contributed by atoms with Gasteiger partial charge >= 0.3 is 0 Å². The Morgan fingerprint density at radius 3 is 2.60 bits per heavy atom. The molecule has 0 N–H and O–H groups in total. The molecule has 1 aliphatic heterocycles. The van der Waals surface area contributed by atoms with E-state index in [4.69, 9.17) is 16.6 Å². The van der Waals surface area contributed by atoms with Crippen LogP contribution in [-0.2, 0) is 5.41 Å². The maximum Gasteiger partial charge on any atom is 0.141 e. The van der Waals surface area contributed by atoms with Crippen LogP contribution in [0.2, 0.25) is 5.02 Å². The molecule has 0 saturated carbocycles. The van der Waals surface area contributed by atoms with Crippen LogP contribution < -0.4 is 4.90 Å². The Kier molecular flexibility index (Phi) is 3.65. The lowest BCUT2D eigenvalue weighted by Gasteiger charge is -2.28. The molecule has 0 saturated heterocycles. The summed E-state index contributed by atoms with van der Waals surface area (Å²) in [4.78, 5) is 7.15. The molecule has 6 rings (SSSR count). The summed E-state index contributed by atoms with van der Waals surface area (Å²) in [6, 6.07) is 17.4. The minimum Gasteiger partial charge on any atom is -0.298 e. The topological polar surface area (TPSA) is 16.1 Å². The highest BCUT2D eigenvalue weighted by atomic mass is 35.5. The molecule has 3 aliphatic rings. The molecule has 0 bridgehead atoms. The number of hydrogen-bond donors (Lipinski definition) is 0. The molecule has 3 aromatic rings. The van der Waals surface area contributed by atoms with E-state index in [-0.39, 0.29) is 5.41 Å². The molecule has 0 fully saturated rings. The molecule has 2 aromatic carbocycles. The van der Waals surface area contributed by atoms with Crippen molar-refractivity contribution in [2.24, 2.45) is 5.92 Å². The van der Waals surface area contributed by atoms with Crippen LogP contribution in [0, 0.1) is 5.92 Å². The second-order valence-corrected chi connectivity index (χ2v) is 9.55. The van der Waals surface area contributed by atoms with E-state index < -0.39 is 0 Å². The van der Waals surface area contributed by atoms with Crippen LogP contribution in [0.3, 0.4) is 0 Å². The Morgan fingerprint density at radius 2 is 1.77 bits per heavy atom. The normalized spacial score (nSPS) is 22.3. The van der Waals surface area contributed by atoms with E-state index in [9.17, 15) is 0 Å². The molecule has 0 radical (unpaired) electrons. The van der Waals surface area contributed by atoms with E-state index in [1.54, 1.807) is 0 Å². The monoisotopic (exact) mass is 410 g/mol. The van der Waals surface area contributed by atoms with Crippen LogP contribution in [0.15, 0.2) is 78.7 Å². The van der Waals surface area contributed by atoms with Crippen molar-refractivity contribution in [3.8, 4) is 11.1 Å². The van der Waals surface area contributed by atoms with Gasteiger partial charge in [0.25, 0.3) is 0 Å². The predicted octanol–water partition coefficient (Wildman–Crippen LogP) is 7.37. The molecule has 3 heteroatoms. The molecule has 0 spiro atoms. The number of anilines is 2. The number of hydrogen-bond acceptors (Lipinski definition) is 2. The zero-order valence-corrected chi connectivity index (χ0v) is 18.1. The summed E-state index contributed by atoms with van der Waals surface area (Å²) in [5, 5.41) is 0.795. The minimum absolute atomic E-state index is 0.0915. The first-order valence-corrected chi connectivity index (χ1v) is 10.9. The van der Waals surface area contributed by atoms with Crippen molar-refractivity contribution >= 4 is 23.1 Å². The number of benzene rings is 2. The summed E-state index contributed by atoms with van der Waals surface area (Å²) in [5.74, 6) is 1.87. The summed E-state index contributed by atoms with van der Waals surface area (Å²) < 4.78 is 0. The van der Waals surface area contributed by atoms with E-state index in [0.717, 1.165) is 10.8 Å². The van der Waals surface area contributed by atoms with Crippen molar-refractivity contribution < 1.29 is 0 Å². The molecule has 2 nitrogen and oxygen atoms in total. The molecule has 2 atom stereocenters. The standard InChI is InChI=1S/C27H23ClN2/c1-16-6-4-8-24-25(16)21-7-5-13-29-26(21)30(24)18-10-12-20-19-11-9-17(28)14-22(19)27(2,3)23(20)15-18/h4-16,25H,1-3H3. The van der Waals surface area contributed by atoms with Crippen LogP contribution in [-0.4, -0.2) is 4.98 Å². The number of allylic oxidation sites excluding steroid dienone is 4. The first-order chi connectivity index (χ1) is 14.5. The Labute approximate surface area is 182 Å². The second kappa shape index (κ2) is 6.09. The van der Waals surface area contributed by atoms with Gasteiger partial charge in [0.2, 0.25) is 0 Å². The van der Waals surface area contributed by atoms with E-state index >= 15 is 0 Å². The molecule has 30 heavy (non-hydrogen) atoms. The SMILES string of the molecule is CC1C=CC=C2C1c1cccnc1N2c1ccc2c(c1)C(C)(C)c1cc(Cl)ccc1-2. The lowest BCUT2D eigenvalue weighted by Crippen LogP contribution is -2.20. The van der Waals surface area contributed by atoms with Gasteiger partial charge in [-0.3, -0.25) is 4.90 Å². The minimum atomic E-state index is -0.0915. The first-order valence-electron chi connectivity index (χ1n) is 10.5. The van der Waals surface area contributed by atoms with Gasteiger partial charge in [-0.1, -0.05) is 62.7 Å². The van der Waals surface area contributed by atoms with Crippen molar-refractivity contribution in [1.29, 1.82) is 0 Å². The zero-order valence-electron chi connectivity index (χ0n) is 17.4. The summed E-state index contributed by atoms with van der Waals surface area (Å²) >= 11 is 6.34. The first kappa shape index (κ1) is 18.0. The largest absolute Gasteiger partial charge is 0.298 e. The zero-order chi connectivity index (χ0) is 20.6. The van der Waals surface area contributed by atoms with E-state index in [1.807, 2.05) is 12.3 Å². The lowest BCUT2D eigenvalue weighted by molar-refractivity contribution is 0.618. The summed E-state index contributed by atoms with van der Waals surface area (Å²) in [6.45, 7) is 6.88. The van der Waals surface area contributed by atoms with Gasteiger partial charge in [0, 0.05) is 39.5 Å². The average molecular weight is 411 g/mol. The quantitative estimate of drug-likeness (QED) is 0.416. The Hall–Kier alpha value is -2.84. The number of aromatic nitrogens is 1. The van der Waals surface area contributed by atoms with E-state index in [0.29, 0.717) is 11.8 Å². The molecular weight excluding hydrogens is 388 g/mol. The maximum atomic E-state index is 6.34.